The lowest BCUT2D eigenvalue weighted by Crippen LogP contribution is -2.08. The normalized spacial score (nSPS) is 14.3. The molecule has 0 saturated heterocycles. The van der Waals surface area contributed by atoms with Gasteiger partial charge in [0.1, 0.15) is 0 Å². The molecule has 0 N–H and O–H groups in total. The van der Waals surface area contributed by atoms with E-state index in [1.54, 1.807) is 14.2 Å². The lowest BCUT2D eigenvalue weighted by Gasteiger charge is -2.20. The third-order valence-electron chi connectivity index (χ3n) is 7.68. The topological polar surface area (TPSA) is 18.5 Å². The Labute approximate surface area is 267 Å². The quantitative estimate of drug-likeness (QED) is 0.171. The van der Waals surface area contributed by atoms with Crippen molar-refractivity contribution in [3.63, 3.8) is 0 Å². The maximum Gasteiger partial charge on any atom is 0.183 e. The van der Waals surface area contributed by atoms with Gasteiger partial charge in [0.05, 0.1) is 0 Å². The Kier molecular flexibility index (Phi) is 15.3. The zero-order valence-electron chi connectivity index (χ0n) is 28.8. The third kappa shape index (κ3) is 11.6. The Morgan fingerprint density at radius 1 is 0.500 bits per heavy atom. The molecule has 0 aromatic heterocycles. The number of rotatable bonds is 13. The summed E-state index contributed by atoms with van der Waals surface area (Å²) in [6, 6.07) is 8.63. The summed E-state index contributed by atoms with van der Waals surface area (Å²) in [5.74, 6) is 0. The van der Waals surface area contributed by atoms with Gasteiger partial charge in [-0.15, -0.1) is 0 Å². The van der Waals surface area contributed by atoms with Crippen LogP contribution < -0.4 is 0 Å². The number of methoxy groups -OCH3 is 2. The first-order chi connectivity index (χ1) is 21.0. The second-order valence-electron chi connectivity index (χ2n) is 11.5. The number of benzene rings is 2. The average Bonchev–Trinajstić information content (AvgIpc) is 2.99. The van der Waals surface area contributed by atoms with E-state index < -0.39 is 0 Å². The maximum atomic E-state index is 5.56. The minimum atomic E-state index is -0.388. The van der Waals surface area contributed by atoms with Crippen molar-refractivity contribution in [2.75, 3.05) is 14.2 Å². The summed E-state index contributed by atoms with van der Waals surface area (Å²) < 4.78 is 11.1. The number of hydrogen-bond acceptors (Lipinski definition) is 2. The van der Waals surface area contributed by atoms with Gasteiger partial charge >= 0.3 is 0 Å². The van der Waals surface area contributed by atoms with Gasteiger partial charge in [-0.25, -0.2) is 0 Å². The van der Waals surface area contributed by atoms with E-state index in [0.29, 0.717) is 0 Å². The molecule has 0 saturated carbocycles. The summed E-state index contributed by atoms with van der Waals surface area (Å²) in [5, 5.41) is 0. The van der Waals surface area contributed by atoms with Crippen LogP contribution in [-0.4, -0.2) is 14.2 Å². The Hall–Kier alpha value is -3.98. The molecule has 0 aliphatic heterocycles. The second-order valence-corrected chi connectivity index (χ2v) is 11.5. The molecule has 0 spiro atoms. The fraction of sp³-hybridized carbons (Fsp3) is 0.286. The van der Waals surface area contributed by atoms with Crippen LogP contribution in [0.1, 0.15) is 78.5 Å². The number of aryl methyl sites for hydroxylation is 4. The minimum Gasteiger partial charge on any atom is -0.352 e. The zero-order chi connectivity index (χ0) is 32.6. The van der Waals surface area contributed by atoms with Crippen LogP contribution in [0.5, 0.6) is 0 Å². The number of hydrogen-bond donors (Lipinski definition) is 0. The highest BCUT2D eigenvalue weighted by molar-refractivity contribution is 5.63. The van der Waals surface area contributed by atoms with Crippen LogP contribution in [0.2, 0.25) is 0 Å². The maximum absolute atomic E-state index is 5.56. The lowest BCUT2D eigenvalue weighted by molar-refractivity contribution is -0.106. The first kappa shape index (κ1) is 36.2. The minimum absolute atomic E-state index is 0.388. The number of allylic oxidation sites excluding steroid dienone is 16. The van der Waals surface area contributed by atoms with E-state index in [1.807, 2.05) is 0 Å². The van der Waals surface area contributed by atoms with Crippen LogP contribution in [0.4, 0.5) is 0 Å². The van der Waals surface area contributed by atoms with Crippen LogP contribution in [0.25, 0.3) is 12.2 Å². The molecular weight excluding hydrogens is 536 g/mol. The molecule has 2 rings (SSSR count). The summed E-state index contributed by atoms with van der Waals surface area (Å²) >= 11 is 0. The molecule has 2 aromatic carbocycles. The van der Waals surface area contributed by atoms with E-state index in [-0.39, 0.29) is 6.29 Å². The first-order valence-electron chi connectivity index (χ1n) is 15.3. The van der Waals surface area contributed by atoms with Gasteiger partial charge in [-0.2, -0.15) is 0 Å². The van der Waals surface area contributed by atoms with Crippen LogP contribution in [0.15, 0.2) is 119 Å². The molecular formula is C42H52O2. The molecule has 0 fully saturated rings. The molecule has 2 nitrogen and oxygen atoms in total. The molecule has 232 valence electrons. The molecule has 0 aliphatic rings. The van der Waals surface area contributed by atoms with Crippen molar-refractivity contribution in [2.24, 2.45) is 0 Å². The van der Waals surface area contributed by atoms with Gasteiger partial charge in [-0.1, -0.05) is 132 Å². The van der Waals surface area contributed by atoms with Crippen molar-refractivity contribution in [1.82, 2.24) is 0 Å². The molecule has 0 aliphatic carbocycles. The van der Waals surface area contributed by atoms with E-state index in [2.05, 4.69) is 172 Å². The Bertz CT molecular complexity index is 1540. The molecule has 0 atom stereocenters. The summed E-state index contributed by atoms with van der Waals surface area (Å²) in [4.78, 5) is 0. The molecule has 2 heteroatoms. The largest absolute Gasteiger partial charge is 0.352 e. The van der Waals surface area contributed by atoms with E-state index in [1.165, 1.54) is 44.5 Å². The predicted molar refractivity (Wildman–Crippen MR) is 194 cm³/mol. The van der Waals surface area contributed by atoms with Crippen molar-refractivity contribution in [3.8, 4) is 0 Å². The Morgan fingerprint density at radius 2 is 0.886 bits per heavy atom. The summed E-state index contributed by atoms with van der Waals surface area (Å²) in [6.07, 6.45) is 29.4. The molecule has 0 radical (unpaired) electrons. The van der Waals surface area contributed by atoms with E-state index in [4.69, 9.17) is 9.47 Å². The fourth-order valence-electron chi connectivity index (χ4n) is 4.72. The molecule has 0 bridgehead atoms. The van der Waals surface area contributed by atoms with Gasteiger partial charge in [-0.05, 0) is 101 Å². The van der Waals surface area contributed by atoms with E-state index in [9.17, 15) is 0 Å². The lowest BCUT2D eigenvalue weighted by atomic mass is 9.95. The van der Waals surface area contributed by atoms with Gasteiger partial charge in [-0.3, -0.25) is 0 Å². The van der Waals surface area contributed by atoms with Crippen LogP contribution in [0.3, 0.4) is 0 Å². The van der Waals surface area contributed by atoms with Crippen molar-refractivity contribution in [2.45, 2.75) is 68.6 Å². The van der Waals surface area contributed by atoms with Gasteiger partial charge < -0.3 is 9.47 Å². The summed E-state index contributed by atoms with van der Waals surface area (Å²) in [7, 11) is 3.35. The van der Waals surface area contributed by atoms with Crippen molar-refractivity contribution < 1.29 is 9.47 Å². The van der Waals surface area contributed by atoms with Gasteiger partial charge in [0.15, 0.2) is 6.29 Å². The molecule has 0 amide bonds. The standard InChI is InChI=1S/C42H52O2/c1-30(18-14-20-32(3)22-28-39-35(6)25-24-34(5)38(39)9)16-12-13-17-31(2)19-15-21-33(4)23-29-40-36(7)26-27-37(8)41(40)42(43-10)44-11/h12-29,42H,1-11H3/b13-12+,18-14+,19-15+,28-22+,29-23+,30-16+,31-17+,32-20+,33-21+. The van der Waals surface area contributed by atoms with E-state index in [0.717, 1.165) is 22.3 Å². The fourth-order valence-corrected chi connectivity index (χ4v) is 4.72. The van der Waals surface area contributed by atoms with Crippen molar-refractivity contribution in [3.05, 3.63) is 164 Å². The highest BCUT2D eigenvalue weighted by Gasteiger charge is 2.17. The van der Waals surface area contributed by atoms with Crippen LogP contribution in [-0.2, 0) is 9.47 Å². The van der Waals surface area contributed by atoms with Crippen LogP contribution in [0, 0.1) is 34.6 Å². The highest BCUT2D eigenvalue weighted by Crippen LogP contribution is 2.29. The number of ether oxygens (including phenoxy) is 2. The Morgan fingerprint density at radius 3 is 1.39 bits per heavy atom. The SMILES string of the molecule is COC(OC)c1c(C)ccc(C)c1/C=C/C(C)=C/C=C/C(C)=C/C=C/C=C(C)/C=C/C=C(C)/C=C/c1c(C)ccc(C)c1C. The van der Waals surface area contributed by atoms with Crippen molar-refractivity contribution in [1.29, 1.82) is 0 Å². The van der Waals surface area contributed by atoms with Gasteiger partial charge in [0.2, 0.25) is 0 Å². The monoisotopic (exact) mass is 588 g/mol. The summed E-state index contributed by atoms with van der Waals surface area (Å²) in [5.41, 5.74) is 14.6. The van der Waals surface area contributed by atoms with Crippen molar-refractivity contribution >= 4 is 12.2 Å². The molecule has 44 heavy (non-hydrogen) atoms. The third-order valence-corrected chi connectivity index (χ3v) is 7.68. The van der Waals surface area contributed by atoms with Gasteiger partial charge in [0.25, 0.3) is 0 Å². The predicted octanol–water partition coefficient (Wildman–Crippen LogP) is 11.7. The molecule has 2 aromatic rings. The zero-order valence-corrected chi connectivity index (χ0v) is 28.8. The van der Waals surface area contributed by atoms with Crippen LogP contribution >= 0.6 is 0 Å². The summed E-state index contributed by atoms with van der Waals surface area (Å²) in [6.45, 7) is 19.2. The average molecular weight is 589 g/mol. The molecule has 0 heterocycles. The van der Waals surface area contributed by atoms with Gasteiger partial charge in [0, 0.05) is 19.8 Å². The highest BCUT2D eigenvalue weighted by atomic mass is 16.7. The Balaban J connectivity index is 1.98. The van der Waals surface area contributed by atoms with E-state index >= 15 is 0 Å². The first-order valence-corrected chi connectivity index (χ1v) is 15.3. The molecule has 0 unspecified atom stereocenters. The smallest absolute Gasteiger partial charge is 0.183 e. The second kappa shape index (κ2) is 18.6.